The number of aromatic nitrogens is 1. The van der Waals surface area contributed by atoms with Crippen LogP contribution in [-0.4, -0.2) is 29.1 Å². The summed E-state index contributed by atoms with van der Waals surface area (Å²) in [6.07, 6.45) is 2.70. The van der Waals surface area contributed by atoms with Crippen LogP contribution in [0.1, 0.15) is 16.9 Å². The van der Waals surface area contributed by atoms with E-state index < -0.39 is 0 Å². The summed E-state index contributed by atoms with van der Waals surface area (Å²) < 4.78 is 0. The fourth-order valence-electron chi connectivity index (χ4n) is 3.09. The largest absolute Gasteiger partial charge is 0.310 e. The van der Waals surface area contributed by atoms with Crippen molar-refractivity contribution in [3.8, 4) is 0 Å². The highest BCUT2D eigenvalue weighted by Crippen LogP contribution is 2.35. The first-order chi connectivity index (χ1) is 14.1. The standard InChI is InChI=1S/C21H18ClN3O2S2/c22-15-5-3-4-14(10-15)11-16-12-23-21(29-16)24-19(26)8-9-25-17-6-1-2-7-18(17)28-13-20(25)27/h1-7,10,12H,8-9,11,13H2,(H,23,24,26). The Bertz CT molecular complexity index is 1050. The summed E-state index contributed by atoms with van der Waals surface area (Å²) in [6, 6.07) is 15.5. The molecule has 1 N–H and O–H groups in total. The maximum atomic E-state index is 12.4. The Morgan fingerprint density at radius 3 is 2.93 bits per heavy atom. The molecule has 0 atom stereocenters. The van der Waals surface area contributed by atoms with E-state index in [1.807, 2.05) is 48.5 Å². The first kappa shape index (κ1) is 19.9. The summed E-state index contributed by atoms with van der Waals surface area (Å²) in [6.45, 7) is 0.350. The molecule has 0 bridgehead atoms. The summed E-state index contributed by atoms with van der Waals surface area (Å²) in [7, 11) is 0. The van der Waals surface area contributed by atoms with E-state index in [0.717, 1.165) is 21.0 Å². The van der Waals surface area contributed by atoms with Gasteiger partial charge in [-0.3, -0.25) is 9.59 Å². The lowest BCUT2D eigenvalue weighted by molar-refractivity contribution is -0.117. The zero-order valence-corrected chi connectivity index (χ0v) is 17.8. The number of fused-ring (bicyclic) bond motifs is 1. The number of nitrogens with one attached hydrogen (secondary N) is 1. The molecule has 5 nitrogen and oxygen atoms in total. The van der Waals surface area contributed by atoms with Crippen molar-refractivity contribution < 1.29 is 9.59 Å². The number of carbonyl (C=O) groups is 2. The van der Waals surface area contributed by atoms with Crippen molar-refractivity contribution in [2.45, 2.75) is 17.7 Å². The van der Waals surface area contributed by atoms with E-state index in [-0.39, 0.29) is 18.2 Å². The second-order valence-electron chi connectivity index (χ2n) is 6.54. The number of rotatable bonds is 6. The number of amides is 2. The highest BCUT2D eigenvalue weighted by molar-refractivity contribution is 8.00. The van der Waals surface area contributed by atoms with E-state index in [0.29, 0.717) is 28.9 Å². The Morgan fingerprint density at radius 1 is 1.21 bits per heavy atom. The third kappa shape index (κ3) is 4.98. The average molecular weight is 444 g/mol. The molecule has 4 rings (SSSR count). The normalized spacial score (nSPS) is 13.3. The maximum absolute atomic E-state index is 12.4. The maximum Gasteiger partial charge on any atom is 0.237 e. The van der Waals surface area contributed by atoms with Crippen molar-refractivity contribution in [1.29, 1.82) is 0 Å². The Balaban J connectivity index is 1.34. The molecule has 0 saturated carbocycles. The Labute approximate surface area is 182 Å². The van der Waals surface area contributed by atoms with E-state index in [1.165, 1.54) is 23.1 Å². The number of hydrogen-bond acceptors (Lipinski definition) is 5. The van der Waals surface area contributed by atoms with Crippen LogP contribution in [-0.2, 0) is 16.0 Å². The van der Waals surface area contributed by atoms with Gasteiger partial charge in [0.05, 0.1) is 11.4 Å². The molecule has 1 aliphatic heterocycles. The van der Waals surface area contributed by atoms with Gasteiger partial charge in [-0.2, -0.15) is 0 Å². The number of hydrogen-bond donors (Lipinski definition) is 1. The Kier molecular flexibility index (Phi) is 6.18. The van der Waals surface area contributed by atoms with Crippen LogP contribution in [0.2, 0.25) is 5.02 Å². The first-order valence-electron chi connectivity index (χ1n) is 9.10. The molecule has 148 valence electrons. The van der Waals surface area contributed by atoms with Gasteiger partial charge in [0.15, 0.2) is 5.13 Å². The van der Waals surface area contributed by atoms with Crippen LogP contribution in [0.15, 0.2) is 59.6 Å². The lowest BCUT2D eigenvalue weighted by Gasteiger charge is -2.28. The van der Waals surface area contributed by atoms with Gasteiger partial charge < -0.3 is 10.2 Å². The van der Waals surface area contributed by atoms with Gasteiger partial charge in [0, 0.05) is 40.4 Å². The molecule has 0 aliphatic carbocycles. The predicted molar refractivity (Wildman–Crippen MR) is 119 cm³/mol. The van der Waals surface area contributed by atoms with E-state index in [2.05, 4.69) is 10.3 Å². The van der Waals surface area contributed by atoms with Crippen LogP contribution < -0.4 is 10.2 Å². The first-order valence-corrected chi connectivity index (χ1v) is 11.3. The molecule has 2 aromatic carbocycles. The van der Waals surface area contributed by atoms with Gasteiger partial charge in [0.2, 0.25) is 11.8 Å². The zero-order valence-electron chi connectivity index (χ0n) is 15.4. The zero-order chi connectivity index (χ0) is 20.2. The summed E-state index contributed by atoms with van der Waals surface area (Å²) in [5.74, 6) is 0.273. The number of nitrogens with zero attached hydrogens (tertiary/aromatic N) is 2. The quantitative estimate of drug-likeness (QED) is 0.591. The minimum Gasteiger partial charge on any atom is -0.310 e. The molecule has 1 aliphatic rings. The molecule has 3 aromatic rings. The SMILES string of the molecule is O=C(CCN1C(=O)CSc2ccccc21)Nc1ncc(Cc2cccc(Cl)c2)s1. The monoisotopic (exact) mass is 443 g/mol. The molecule has 29 heavy (non-hydrogen) atoms. The number of anilines is 2. The van der Waals surface area contributed by atoms with Crippen LogP contribution >= 0.6 is 34.7 Å². The third-order valence-corrected chi connectivity index (χ3v) is 6.63. The third-order valence-electron chi connectivity index (χ3n) is 4.44. The lowest BCUT2D eigenvalue weighted by atomic mass is 10.1. The van der Waals surface area contributed by atoms with Crippen LogP contribution in [0.3, 0.4) is 0 Å². The van der Waals surface area contributed by atoms with Crippen molar-refractivity contribution in [1.82, 2.24) is 4.98 Å². The van der Waals surface area contributed by atoms with Gasteiger partial charge in [-0.1, -0.05) is 35.9 Å². The van der Waals surface area contributed by atoms with E-state index >= 15 is 0 Å². The highest BCUT2D eigenvalue weighted by Gasteiger charge is 2.24. The topological polar surface area (TPSA) is 62.3 Å². The second-order valence-corrected chi connectivity index (χ2v) is 9.11. The number of thiazole rings is 1. The van der Waals surface area contributed by atoms with E-state index in [9.17, 15) is 9.59 Å². The molecule has 0 unspecified atom stereocenters. The molecule has 2 heterocycles. The minimum absolute atomic E-state index is 0.0274. The molecule has 0 fully saturated rings. The molecule has 0 radical (unpaired) electrons. The smallest absolute Gasteiger partial charge is 0.237 e. The summed E-state index contributed by atoms with van der Waals surface area (Å²) in [5, 5.41) is 4.10. The number of carbonyl (C=O) groups excluding carboxylic acids is 2. The average Bonchev–Trinajstić information content (AvgIpc) is 3.14. The van der Waals surface area contributed by atoms with Gasteiger partial charge in [0.1, 0.15) is 0 Å². The molecule has 1 aromatic heterocycles. The van der Waals surface area contributed by atoms with Crippen molar-refractivity contribution in [2.75, 3.05) is 22.5 Å². The van der Waals surface area contributed by atoms with Gasteiger partial charge >= 0.3 is 0 Å². The second kappa shape index (κ2) is 8.98. The summed E-state index contributed by atoms with van der Waals surface area (Å²) >= 11 is 9.00. The number of benzene rings is 2. The van der Waals surface area contributed by atoms with Gasteiger partial charge in [-0.25, -0.2) is 4.98 Å². The highest BCUT2D eigenvalue weighted by atomic mass is 35.5. The Hall–Kier alpha value is -2.35. The fourth-order valence-corrected chi connectivity index (χ4v) is 5.10. The number of thioether (sulfide) groups is 1. The summed E-state index contributed by atoms with van der Waals surface area (Å²) in [5.41, 5.74) is 1.97. The van der Waals surface area contributed by atoms with E-state index in [1.54, 1.807) is 11.1 Å². The molecular weight excluding hydrogens is 426 g/mol. The molecule has 0 spiro atoms. The van der Waals surface area contributed by atoms with Crippen molar-refractivity contribution >= 4 is 57.3 Å². The van der Waals surface area contributed by atoms with E-state index in [4.69, 9.17) is 11.6 Å². The van der Waals surface area contributed by atoms with Crippen LogP contribution in [0.5, 0.6) is 0 Å². The fraction of sp³-hybridized carbons (Fsp3) is 0.190. The van der Waals surface area contributed by atoms with Crippen LogP contribution in [0, 0.1) is 0 Å². The minimum atomic E-state index is -0.155. The van der Waals surface area contributed by atoms with Crippen molar-refractivity contribution in [3.63, 3.8) is 0 Å². The number of para-hydroxylation sites is 1. The van der Waals surface area contributed by atoms with Crippen molar-refractivity contribution in [2.24, 2.45) is 0 Å². The molecular formula is C21H18ClN3O2S2. The Morgan fingerprint density at radius 2 is 2.07 bits per heavy atom. The molecule has 0 saturated heterocycles. The van der Waals surface area contributed by atoms with Crippen LogP contribution in [0.4, 0.5) is 10.8 Å². The number of halogens is 1. The van der Waals surface area contributed by atoms with Crippen molar-refractivity contribution in [3.05, 3.63) is 70.2 Å². The van der Waals surface area contributed by atoms with Gasteiger partial charge in [-0.15, -0.1) is 23.1 Å². The van der Waals surface area contributed by atoms with Crippen LogP contribution in [0.25, 0.3) is 0 Å². The van der Waals surface area contributed by atoms with Gasteiger partial charge in [-0.05, 0) is 29.8 Å². The predicted octanol–water partition coefficient (Wildman–Crippen LogP) is 4.85. The molecule has 8 heteroatoms. The van der Waals surface area contributed by atoms with Gasteiger partial charge in [0.25, 0.3) is 0 Å². The summed E-state index contributed by atoms with van der Waals surface area (Å²) in [4.78, 5) is 32.8. The molecule has 2 amide bonds. The lowest BCUT2D eigenvalue weighted by Crippen LogP contribution is -2.37.